The summed E-state index contributed by atoms with van der Waals surface area (Å²) in [5.74, 6) is -0.244. The van der Waals surface area contributed by atoms with Crippen molar-refractivity contribution in [1.29, 1.82) is 0 Å². The summed E-state index contributed by atoms with van der Waals surface area (Å²) in [5, 5.41) is 1.24. The van der Waals surface area contributed by atoms with E-state index in [9.17, 15) is 9.59 Å². The van der Waals surface area contributed by atoms with Crippen molar-refractivity contribution in [2.75, 3.05) is 11.6 Å². The third-order valence-electron chi connectivity index (χ3n) is 3.55. The largest absolute Gasteiger partial charge is 0.493 e. The van der Waals surface area contributed by atoms with Crippen LogP contribution >= 0.6 is 31.9 Å². The Balaban J connectivity index is 1.96. The van der Waals surface area contributed by atoms with Gasteiger partial charge in [0, 0.05) is 14.5 Å². The molecule has 3 rings (SSSR count). The lowest BCUT2D eigenvalue weighted by Gasteiger charge is -2.14. The van der Waals surface area contributed by atoms with E-state index in [4.69, 9.17) is 4.74 Å². The van der Waals surface area contributed by atoms with Crippen LogP contribution in [-0.4, -0.2) is 18.4 Å². The molecule has 1 aliphatic heterocycles. The van der Waals surface area contributed by atoms with Crippen molar-refractivity contribution >= 4 is 55.4 Å². The van der Waals surface area contributed by atoms with Gasteiger partial charge in [-0.1, -0.05) is 31.9 Å². The number of hydrogen-bond donors (Lipinski definition) is 1. The summed E-state index contributed by atoms with van der Waals surface area (Å²) in [5.41, 5.74) is 3.89. The average molecular weight is 466 g/mol. The summed E-state index contributed by atoms with van der Waals surface area (Å²) in [6, 6.07) is 12.5. The maximum Gasteiger partial charge on any atom is 0.282 e. The van der Waals surface area contributed by atoms with Gasteiger partial charge >= 0.3 is 0 Å². The number of hydrazine groups is 1. The Hall–Kier alpha value is -2.12. The Morgan fingerprint density at radius 2 is 1.76 bits per heavy atom. The van der Waals surface area contributed by atoms with E-state index in [1.165, 1.54) is 5.01 Å². The second kappa shape index (κ2) is 7.41. The van der Waals surface area contributed by atoms with Gasteiger partial charge in [0.1, 0.15) is 11.3 Å². The zero-order valence-electron chi connectivity index (χ0n) is 13.3. The highest BCUT2D eigenvalue weighted by Gasteiger charge is 2.34. The van der Waals surface area contributed by atoms with Crippen molar-refractivity contribution in [2.24, 2.45) is 0 Å². The SMILES string of the molecule is CCOc1ccc(Br)cc1/C=C1/C(=O)NN(c2ccc(Br)cc2)C1=O. The summed E-state index contributed by atoms with van der Waals surface area (Å²) >= 11 is 6.74. The van der Waals surface area contributed by atoms with Crippen LogP contribution in [-0.2, 0) is 9.59 Å². The number of carbonyl (C=O) groups excluding carboxylic acids is 2. The Bertz CT molecular complexity index is 863. The predicted molar refractivity (Wildman–Crippen MR) is 103 cm³/mol. The molecule has 1 heterocycles. The van der Waals surface area contributed by atoms with Gasteiger partial charge in [0.05, 0.1) is 12.3 Å². The monoisotopic (exact) mass is 464 g/mol. The number of carbonyl (C=O) groups is 2. The van der Waals surface area contributed by atoms with Crippen LogP contribution in [0, 0.1) is 0 Å². The Morgan fingerprint density at radius 1 is 1.08 bits per heavy atom. The topological polar surface area (TPSA) is 58.6 Å². The predicted octanol–water partition coefficient (Wildman–Crippen LogP) is 4.07. The van der Waals surface area contributed by atoms with Crippen LogP contribution in [0.3, 0.4) is 0 Å². The number of anilines is 1. The molecule has 2 amide bonds. The minimum atomic E-state index is -0.449. The molecule has 1 saturated heterocycles. The van der Waals surface area contributed by atoms with Gasteiger partial charge in [0.2, 0.25) is 0 Å². The Kier molecular flexibility index (Phi) is 5.24. The smallest absolute Gasteiger partial charge is 0.282 e. The van der Waals surface area contributed by atoms with Crippen LogP contribution in [0.2, 0.25) is 0 Å². The van der Waals surface area contributed by atoms with E-state index in [0.717, 1.165) is 8.95 Å². The maximum atomic E-state index is 12.7. The number of rotatable bonds is 4. The molecule has 0 unspecified atom stereocenters. The lowest BCUT2D eigenvalue weighted by molar-refractivity contribution is -0.117. The van der Waals surface area contributed by atoms with E-state index in [2.05, 4.69) is 37.3 Å². The molecule has 0 spiro atoms. The fourth-order valence-corrected chi connectivity index (χ4v) is 3.05. The minimum absolute atomic E-state index is 0.0574. The first kappa shape index (κ1) is 17.7. The summed E-state index contributed by atoms with van der Waals surface area (Å²) in [6.45, 7) is 2.37. The lowest BCUT2D eigenvalue weighted by atomic mass is 10.1. The molecule has 128 valence electrons. The third kappa shape index (κ3) is 3.77. The molecule has 0 radical (unpaired) electrons. The first-order chi connectivity index (χ1) is 12.0. The van der Waals surface area contributed by atoms with Gasteiger partial charge < -0.3 is 4.74 Å². The zero-order chi connectivity index (χ0) is 18.0. The molecule has 1 fully saturated rings. The van der Waals surface area contributed by atoms with E-state index >= 15 is 0 Å². The Labute approximate surface area is 161 Å². The van der Waals surface area contributed by atoms with E-state index in [1.54, 1.807) is 42.5 Å². The van der Waals surface area contributed by atoms with Crippen molar-refractivity contribution in [3.05, 3.63) is 62.5 Å². The molecule has 0 bridgehead atoms. The van der Waals surface area contributed by atoms with E-state index in [0.29, 0.717) is 23.6 Å². The molecular formula is C18H14Br2N2O3. The summed E-state index contributed by atoms with van der Waals surface area (Å²) in [7, 11) is 0. The Morgan fingerprint density at radius 3 is 2.44 bits per heavy atom. The standard InChI is InChI=1S/C18H14Br2N2O3/c1-2-25-16-8-5-13(20)9-11(16)10-15-17(23)21-22(18(15)24)14-6-3-12(19)4-7-14/h3-10H,2H2,1H3,(H,21,23)/b15-10-. The number of ether oxygens (including phenoxy) is 1. The van der Waals surface area contributed by atoms with Crippen LogP contribution in [0.1, 0.15) is 12.5 Å². The number of halogens is 2. The second-order valence-electron chi connectivity index (χ2n) is 5.23. The van der Waals surface area contributed by atoms with Gasteiger partial charge in [-0.2, -0.15) is 0 Å². The van der Waals surface area contributed by atoms with Gasteiger partial charge in [0.15, 0.2) is 0 Å². The van der Waals surface area contributed by atoms with Crippen LogP contribution in [0.25, 0.3) is 6.08 Å². The van der Waals surface area contributed by atoms with Gasteiger partial charge in [0.25, 0.3) is 11.8 Å². The minimum Gasteiger partial charge on any atom is -0.493 e. The lowest BCUT2D eigenvalue weighted by Crippen LogP contribution is -2.35. The third-order valence-corrected chi connectivity index (χ3v) is 4.57. The molecule has 25 heavy (non-hydrogen) atoms. The number of hydrogen-bond acceptors (Lipinski definition) is 3. The molecule has 2 aromatic rings. The number of amides is 2. The molecule has 0 saturated carbocycles. The van der Waals surface area contributed by atoms with Crippen molar-refractivity contribution in [1.82, 2.24) is 5.43 Å². The van der Waals surface area contributed by atoms with Gasteiger partial charge in [-0.15, -0.1) is 0 Å². The van der Waals surface area contributed by atoms with Crippen LogP contribution in [0.4, 0.5) is 5.69 Å². The number of benzene rings is 2. The van der Waals surface area contributed by atoms with E-state index < -0.39 is 11.8 Å². The number of nitrogens with one attached hydrogen (secondary N) is 1. The van der Waals surface area contributed by atoms with Crippen LogP contribution < -0.4 is 15.2 Å². The molecule has 1 N–H and O–H groups in total. The van der Waals surface area contributed by atoms with Crippen molar-refractivity contribution in [3.63, 3.8) is 0 Å². The van der Waals surface area contributed by atoms with Gasteiger partial charge in [-0.3, -0.25) is 15.0 Å². The molecule has 0 aliphatic carbocycles. The molecular weight excluding hydrogens is 452 g/mol. The molecule has 1 aliphatic rings. The summed E-state index contributed by atoms with van der Waals surface area (Å²) < 4.78 is 7.29. The van der Waals surface area contributed by atoms with E-state index in [-0.39, 0.29) is 5.57 Å². The average Bonchev–Trinajstić information content (AvgIpc) is 2.86. The quantitative estimate of drug-likeness (QED) is 0.546. The molecule has 7 heteroatoms. The van der Waals surface area contributed by atoms with Crippen molar-refractivity contribution < 1.29 is 14.3 Å². The normalized spacial score (nSPS) is 15.6. The molecule has 0 aromatic heterocycles. The highest BCUT2D eigenvalue weighted by Crippen LogP contribution is 2.28. The second-order valence-corrected chi connectivity index (χ2v) is 7.06. The first-order valence-electron chi connectivity index (χ1n) is 7.54. The zero-order valence-corrected chi connectivity index (χ0v) is 16.4. The summed E-state index contributed by atoms with van der Waals surface area (Å²) in [6.07, 6.45) is 1.55. The first-order valence-corrected chi connectivity index (χ1v) is 9.13. The van der Waals surface area contributed by atoms with Gasteiger partial charge in [-0.25, -0.2) is 5.01 Å². The highest BCUT2D eigenvalue weighted by molar-refractivity contribution is 9.10. The summed E-state index contributed by atoms with van der Waals surface area (Å²) in [4.78, 5) is 25.0. The molecule has 2 aromatic carbocycles. The fourth-order valence-electron chi connectivity index (χ4n) is 2.40. The van der Waals surface area contributed by atoms with Crippen LogP contribution in [0.15, 0.2) is 57.0 Å². The maximum absolute atomic E-state index is 12.7. The number of nitrogens with zero attached hydrogens (tertiary/aromatic N) is 1. The van der Waals surface area contributed by atoms with Crippen molar-refractivity contribution in [3.8, 4) is 5.75 Å². The fraction of sp³-hybridized carbons (Fsp3) is 0.111. The van der Waals surface area contributed by atoms with Gasteiger partial charge in [-0.05, 0) is 55.5 Å². The van der Waals surface area contributed by atoms with Crippen LogP contribution in [0.5, 0.6) is 5.75 Å². The van der Waals surface area contributed by atoms with Crippen molar-refractivity contribution in [2.45, 2.75) is 6.92 Å². The molecule has 5 nitrogen and oxygen atoms in total. The van der Waals surface area contributed by atoms with E-state index in [1.807, 2.05) is 13.0 Å². The highest BCUT2D eigenvalue weighted by atomic mass is 79.9. The molecule has 0 atom stereocenters.